The molecule has 116 valence electrons. The van der Waals surface area contributed by atoms with Crippen molar-refractivity contribution < 1.29 is 4.79 Å². The molecule has 0 spiro atoms. The standard InChI is InChI=1S/C19H17NOS2/c1-13-8-9-16(14(2)10-13)11-17-18(21)20(19(22)23-17)12-15-6-4-3-5-7-15/h3-11H,12H2,1-2H3/b17-11-. The highest BCUT2D eigenvalue weighted by molar-refractivity contribution is 8.26. The Morgan fingerprint density at radius 1 is 1.13 bits per heavy atom. The minimum absolute atomic E-state index is 0.0103. The van der Waals surface area contributed by atoms with E-state index in [1.54, 1.807) is 4.90 Å². The third kappa shape index (κ3) is 3.54. The summed E-state index contributed by atoms with van der Waals surface area (Å²) in [6, 6.07) is 16.2. The first-order valence-electron chi connectivity index (χ1n) is 7.41. The Balaban J connectivity index is 1.84. The van der Waals surface area contributed by atoms with E-state index in [-0.39, 0.29) is 5.91 Å². The second-order valence-corrected chi connectivity index (χ2v) is 7.29. The van der Waals surface area contributed by atoms with Gasteiger partial charge >= 0.3 is 0 Å². The van der Waals surface area contributed by atoms with Crippen molar-refractivity contribution in [2.75, 3.05) is 0 Å². The molecule has 0 aliphatic carbocycles. The van der Waals surface area contributed by atoms with Gasteiger partial charge in [-0.05, 0) is 36.6 Å². The second-order valence-electron chi connectivity index (χ2n) is 5.61. The van der Waals surface area contributed by atoms with Crippen LogP contribution in [0, 0.1) is 13.8 Å². The van der Waals surface area contributed by atoms with Crippen molar-refractivity contribution in [2.45, 2.75) is 20.4 Å². The summed E-state index contributed by atoms with van der Waals surface area (Å²) in [4.78, 5) is 15.0. The molecule has 0 radical (unpaired) electrons. The van der Waals surface area contributed by atoms with Crippen LogP contribution in [0.3, 0.4) is 0 Å². The van der Waals surface area contributed by atoms with Gasteiger partial charge in [-0.15, -0.1) is 0 Å². The molecule has 1 aliphatic rings. The van der Waals surface area contributed by atoms with Crippen LogP contribution in [0.15, 0.2) is 53.4 Å². The smallest absolute Gasteiger partial charge is 0.266 e. The number of rotatable bonds is 3. The highest BCUT2D eigenvalue weighted by Gasteiger charge is 2.31. The predicted molar refractivity (Wildman–Crippen MR) is 101 cm³/mol. The molecule has 0 bridgehead atoms. The first kappa shape index (κ1) is 16.0. The summed E-state index contributed by atoms with van der Waals surface area (Å²) in [5.74, 6) is -0.0103. The maximum Gasteiger partial charge on any atom is 0.266 e. The van der Waals surface area contributed by atoms with Crippen LogP contribution < -0.4 is 0 Å². The number of thiocarbonyl (C=S) groups is 1. The van der Waals surface area contributed by atoms with Crippen LogP contribution >= 0.6 is 24.0 Å². The number of carbonyl (C=O) groups is 1. The summed E-state index contributed by atoms with van der Waals surface area (Å²) in [7, 11) is 0. The van der Waals surface area contributed by atoms with Gasteiger partial charge in [0.15, 0.2) is 0 Å². The van der Waals surface area contributed by atoms with Crippen molar-refractivity contribution in [3.8, 4) is 0 Å². The number of thioether (sulfide) groups is 1. The summed E-state index contributed by atoms with van der Waals surface area (Å²) in [6.45, 7) is 4.65. The minimum Gasteiger partial charge on any atom is -0.288 e. The van der Waals surface area contributed by atoms with E-state index in [2.05, 4.69) is 32.0 Å². The molecular weight excluding hydrogens is 322 g/mol. The molecule has 23 heavy (non-hydrogen) atoms. The third-order valence-corrected chi connectivity index (χ3v) is 5.15. The SMILES string of the molecule is Cc1ccc(/C=C2\SC(=S)N(Cc3ccccc3)C2=O)c(C)c1. The van der Waals surface area contributed by atoms with Gasteiger partial charge in [-0.3, -0.25) is 9.69 Å². The highest BCUT2D eigenvalue weighted by atomic mass is 32.2. The van der Waals surface area contributed by atoms with Gasteiger partial charge in [0.1, 0.15) is 4.32 Å². The average Bonchev–Trinajstić information content (AvgIpc) is 2.79. The van der Waals surface area contributed by atoms with Crippen LogP contribution in [0.25, 0.3) is 6.08 Å². The van der Waals surface area contributed by atoms with Gasteiger partial charge in [-0.25, -0.2) is 0 Å². The van der Waals surface area contributed by atoms with Gasteiger partial charge in [-0.1, -0.05) is 78.1 Å². The van der Waals surface area contributed by atoms with Gasteiger partial charge in [-0.2, -0.15) is 0 Å². The topological polar surface area (TPSA) is 20.3 Å². The lowest BCUT2D eigenvalue weighted by atomic mass is 10.1. The quantitative estimate of drug-likeness (QED) is 0.597. The molecule has 1 saturated heterocycles. The summed E-state index contributed by atoms with van der Waals surface area (Å²) >= 11 is 6.77. The van der Waals surface area contributed by atoms with E-state index in [1.807, 2.05) is 36.4 Å². The zero-order valence-electron chi connectivity index (χ0n) is 13.1. The first-order chi connectivity index (χ1) is 11.0. The maximum absolute atomic E-state index is 12.7. The number of nitrogens with zero attached hydrogens (tertiary/aromatic N) is 1. The molecule has 3 rings (SSSR count). The van der Waals surface area contributed by atoms with Crippen LogP contribution in [-0.2, 0) is 11.3 Å². The number of hydrogen-bond donors (Lipinski definition) is 0. The molecule has 1 aliphatic heterocycles. The predicted octanol–water partition coefficient (Wildman–Crippen LogP) is 4.70. The Hall–Kier alpha value is -1.91. The highest BCUT2D eigenvalue weighted by Crippen LogP contribution is 2.34. The van der Waals surface area contributed by atoms with Crippen LogP contribution in [0.2, 0.25) is 0 Å². The van der Waals surface area contributed by atoms with E-state index in [9.17, 15) is 4.79 Å². The Morgan fingerprint density at radius 2 is 1.87 bits per heavy atom. The second kappa shape index (κ2) is 6.69. The monoisotopic (exact) mass is 339 g/mol. The van der Waals surface area contributed by atoms with E-state index < -0.39 is 0 Å². The van der Waals surface area contributed by atoms with Gasteiger partial charge < -0.3 is 0 Å². The van der Waals surface area contributed by atoms with E-state index in [0.29, 0.717) is 15.8 Å². The maximum atomic E-state index is 12.7. The number of aryl methyl sites for hydroxylation is 2. The Bertz CT molecular complexity index is 796. The molecule has 4 heteroatoms. The van der Waals surface area contributed by atoms with Crippen molar-refractivity contribution >= 4 is 40.3 Å². The largest absolute Gasteiger partial charge is 0.288 e. The number of amides is 1. The molecule has 2 nitrogen and oxygen atoms in total. The lowest BCUT2D eigenvalue weighted by Gasteiger charge is -2.14. The molecule has 0 N–H and O–H groups in total. The Kier molecular flexibility index (Phi) is 4.64. The summed E-state index contributed by atoms with van der Waals surface area (Å²) < 4.78 is 0.620. The van der Waals surface area contributed by atoms with Crippen LogP contribution in [0.1, 0.15) is 22.3 Å². The fourth-order valence-electron chi connectivity index (χ4n) is 2.53. The lowest BCUT2D eigenvalue weighted by Crippen LogP contribution is -2.27. The molecule has 1 amide bonds. The number of hydrogen-bond acceptors (Lipinski definition) is 3. The van der Waals surface area contributed by atoms with Gasteiger partial charge in [0.2, 0.25) is 0 Å². The molecule has 1 fully saturated rings. The van der Waals surface area contributed by atoms with Crippen LogP contribution in [0.5, 0.6) is 0 Å². The fraction of sp³-hybridized carbons (Fsp3) is 0.158. The van der Waals surface area contributed by atoms with Crippen LogP contribution in [0.4, 0.5) is 0 Å². The molecule has 2 aromatic rings. The van der Waals surface area contributed by atoms with Gasteiger partial charge in [0.25, 0.3) is 5.91 Å². The Labute approximate surface area is 146 Å². The molecule has 1 heterocycles. The van der Waals surface area contributed by atoms with Gasteiger partial charge in [0, 0.05) is 0 Å². The average molecular weight is 339 g/mol. The third-order valence-electron chi connectivity index (χ3n) is 3.77. The van der Waals surface area contributed by atoms with Crippen molar-refractivity contribution in [1.82, 2.24) is 4.90 Å². The van der Waals surface area contributed by atoms with E-state index in [1.165, 1.54) is 22.9 Å². The van der Waals surface area contributed by atoms with Crippen molar-refractivity contribution in [3.63, 3.8) is 0 Å². The summed E-state index contributed by atoms with van der Waals surface area (Å²) in [5.41, 5.74) is 4.53. The van der Waals surface area contributed by atoms with Crippen molar-refractivity contribution in [2.24, 2.45) is 0 Å². The molecule has 0 aromatic heterocycles. The molecule has 0 saturated carbocycles. The number of carbonyl (C=O) groups excluding carboxylic acids is 1. The fourth-order valence-corrected chi connectivity index (χ4v) is 3.78. The van der Waals surface area contributed by atoms with E-state index >= 15 is 0 Å². The molecule has 0 atom stereocenters. The molecule has 0 unspecified atom stereocenters. The molecular formula is C19H17NOS2. The zero-order valence-corrected chi connectivity index (χ0v) is 14.7. The zero-order chi connectivity index (χ0) is 16.4. The first-order valence-corrected chi connectivity index (χ1v) is 8.63. The Morgan fingerprint density at radius 3 is 2.57 bits per heavy atom. The van der Waals surface area contributed by atoms with E-state index in [4.69, 9.17) is 12.2 Å². The van der Waals surface area contributed by atoms with Crippen LogP contribution in [-0.4, -0.2) is 15.1 Å². The normalized spacial score (nSPS) is 16.4. The summed E-state index contributed by atoms with van der Waals surface area (Å²) in [5, 5.41) is 0. The van der Waals surface area contributed by atoms with E-state index in [0.717, 1.165) is 11.1 Å². The summed E-state index contributed by atoms with van der Waals surface area (Å²) in [6.07, 6.45) is 1.94. The van der Waals surface area contributed by atoms with Gasteiger partial charge in [0.05, 0.1) is 11.4 Å². The number of benzene rings is 2. The molecule has 2 aromatic carbocycles. The minimum atomic E-state index is -0.0103. The van der Waals surface area contributed by atoms with Crippen molar-refractivity contribution in [3.05, 3.63) is 75.7 Å². The van der Waals surface area contributed by atoms with Crippen molar-refractivity contribution in [1.29, 1.82) is 0 Å². The lowest BCUT2D eigenvalue weighted by molar-refractivity contribution is -0.122.